The lowest BCUT2D eigenvalue weighted by Gasteiger charge is -2.17. The van der Waals surface area contributed by atoms with Crippen molar-refractivity contribution < 1.29 is 18.6 Å². The Hall–Kier alpha value is -3.15. The van der Waals surface area contributed by atoms with Crippen molar-refractivity contribution in [2.45, 2.75) is 24.7 Å². The van der Waals surface area contributed by atoms with Gasteiger partial charge in [-0.3, -0.25) is 9.97 Å². The van der Waals surface area contributed by atoms with E-state index in [0.29, 0.717) is 33.2 Å². The van der Waals surface area contributed by atoms with E-state index in [1.807, 2.05) is 0 Å². The maximum Gasteiger partial charge on any atom is 0.241 e. The number of aliphatic hydroxyl groups is 2. The van der Waals surface area contributed by atoms with Crippen LogP contribution in [0.15, 0.2) is 72.1 Å². The minimum Gasteiger partial charge on any atom is -0.392 e. The molecule has 11 heteroatoms. The van der Waals surface area contributed by atoms with E-state index < -0.39 is 16.6 Å². The fourth-order valence-corrected chi connectivity index (χ4v) is 4.86. The minimum absolute atomic E-state index is 0.0737. The number of hydrogen-bond acceptors (Lipinski definition) is 7. The highest BCUT2D eigenvalue weighted by atomic mass is 35.5. The standard InChI is InChI=1S/C22H20ClN5O4S/c23-19-3-1-2-4-21(19)28-20(5-6-26-28)18-10-22(16(14-30)9-15(18)13-29)33(31,32)27-12-17-11-24-7-8-25-17/h1-11,27,29-30H,12-14H2. The summed E-state index contributed by atoms with van der Waals surface area (Å²) in [5.41, 5.74) is 2.59. The Morgan fingerprint density at radius 2 is 1.79 bits per heavy atom. The van der Waals surface area contributed by atoms with Gasteiger partial charge in [0.2, 0.25) is 10.0 Å². The van der Waals surface area contributed by atoms with Crippen molar-refractivity contribution in [2.75, 3.05) is 0 Å². The van der Waals surface area contributed by atoms with Crippen LogP contribution < -0.4 is 4.72 Å². The molecule has 0 saturated carbocycles. The van der Waals surface area contributed by atoms with Crippen molar-refractivity contribution in [3.05, 3.63) is 89.1 Å². The van der Waals surface area contributed by atoms with Crippen LogP contribution in [0, 0.1) is 0 Å². The lowest BCUT2D eigenvalue weighted by Crippen LogP contribution is -2.25. The average molecular weight is 486 g/mol. The number of hydrogen-bond donors (Lipinski definition) is 3. The van der Waals surface area contributed by atoms with Gasteiger partial charge in [-0.25, -0.2) is 17.8 Å². The summed E-state index contributed by atoms with van der Waals surface area (Å²) in [6, 6.07) is 11.7. The van der Waals surface area contributed by atoms with Crippen molar-refractivity contribution in [3.8, 4) is 16.9 Å². The van der Waals surface area contributed by atoms with Gasteiger partial charge in [0.15, 0.2) is 0 Å². The molecule has 0 radical (unpaired) electrons. The Labute approximate surface area is 195 Å². The fraction of sp³-hybridized carbons (Fsp3) is 0.136. The zero-order chi connectivity index (χ0) is 23.4. The Morgan fingerprint density at radius 1 is 1.00 bits per heavy atom. The molecule has 0 atom stereocenters. The number of halogens is 1. The average Bonchev–Trinajstić information content (AvgIpc) is 3.32. The van der Waals surface area contributed by atoms with E-state index in [4.69, 9.17) is 11.6 Å². The molecule has 0 saturated heterocycles. The van der Waals surface area contributed by atoms with Crippen molar-refractivity contribution >= 4 is 21.6 Å². The monoisotopic (exact) mass is 485 g/mol. The van der Waals surface area contributed by atoms with Gasteiger partial charge in [-0.2, -0.15) is 5.10 Å². The molecule has 2 heterocycles. The van der Waals surface area contributed by atoms with Crippen LogP contribution in [0.5, 0.6) is 0 Å². The van der Waals surface area contributed by atoms with Crippen LogP contribution in [0.25, 0.3) is 16.9 Å². The van der Waals surface area contributed by atoms with Gasteiger partial charge in [0, 0.05) is 24.2 Å². The Kier molecular flexibility index (Phi) is 6.82. The van der Waals surface area contributed by atoms with E-state index >= 15 is 0 Å². The molecule has 9 nitrogen and oxygen atoms in total. The molecule has 0 aliphatic rings. The summed E-state index contributed by atoms with van der Waals surface area (Å²) >= 11 is 6.34. The van der Waals surface area contributed by atoms with E-state index in [0.717, 1.165) is 0 Å². The SMILES string of the molecule is O=S(=O)(NCc1cnccn1)c1cc(-c2ccnn2-c2ccccc2Cl)c(CO)cc1CO. The van der Waals surface area contributed by atoms with Crippen LogP contribution in [-0.4, -0.2) is 38.4 Å². The maximum atomic E-state index is 13.1. The van der Waals surface area contributed by atoms with E-state index in [-0.39, 0.29) is 23.6 Å². The van der Waals surface area contributed by atoms with Gasteiger partial charge in [0.05, 0.1) is 52.9 Å². The molecular formula is C22H20ClN5O4S. The van der Waals surface area contributed by atoms with E-state index in [1.165, 1.54) is 30.7 Å². The van der Waals surface area contributed by atoms with E-state index in [1.54, 1.807) is 41.2 Å². The highest BCUT2D eigenvalue weighted by Gasteiger charge is 2.23. The minimum atomic E-state index is -4.04. The molecule has 0 amide bonds. The molecule has 170 valence electrons. The topological polar surface area (TPSA) is 130 Å². The normalized spacial score (nSPS) is 11.6. The van der Waals surface area contributed by atoms with Crippen LogP contribution in [0.4, 0.5) is 0 Å². The molecule has 2 aromatic heterocycles. The molecule has 3 N–H and O–H groups in total. The number of rotatable bonds is 8. The first-order chi connectivity index (χ1) is 15.9. The quantitative estimate of drug-likeness (QED) is 0.349. The van der Waals surface area contributed by atoms with Crippen LogP contribution in [0.2, 0.25) is 5.02 Å². The lowest BCUT2D eigenvalue weighted by molar-refractivity contribution is 0.273. The predicted molar refractivity (Wildman–Crippen MR) is 122 cm³/mol. The third-order valence-corrected chi connectivity index (χ3v) is 6.78. The first kappa shape index (κ1) is 23.0. The third kappa shape index (κ3) is 4.80. The molecule has 0 spiro atoms. The molecule has 0 bridgehead atoms. The van der Waals surface area contributed by atoms with E-state index in [9.17, 15) is 18.6 Å². The van der Waals surface area contributed by atoms with Crippen molar-refractivity contribution in [1.29, 1.82) is 0 Å². The summed E-state index contributed by atoms with van der Waals surface area (Å²) in [4.78, 5) is 7.87. The molecule has 0 unspecified atom stereocenters. The van der Waals surface area contributed by atoms with Crippen LogP contribution in [0.1, 0.15) is 16.8 Å². The second-order valence-corrected chi connectivity index (χ2v) is 9.18. The highest BCUT2D eigenvalue weighted by molar-refractivity contribution is 7.89. The third-order valence-electron chi connectivity index (χ3n) is 4.98. The largest absolute Gasteiger partial charge is 0.392 e. The maximum absolute atomic E-state index is 13.1. The highest BCUT2D eigenvalue weighted by Crippen LogP contribution is 2.32. The van der Waals surface area contributed by atoms with Crippen molar-refractivity contribution in [2.24, 2.45) is 0 Å². The first-order valence-corrected chi connectivity index (χ1v) is 11.7. The molecule has 0 aliphatic carbocycles. The number of nitrogens with one attached hydrogen (secondary N) is 1. The van der Waals surface area contributed by atoms with Crippen LogP contribution in [-0.2, 0) is 29.8 Å². The Bertz CT molecular complexity index is 1380. The van der Waals surface area contributed by atoms with Gasteiger partial charge in [-0.1, -0.05) is 23.7 Å². The zero-order valence-electron chi connectivity index (χ0n) is 17.3. The van der Waals surface area contributed by atoms with Gasteiger partial charge in [0.25, 0.3) is 0 Å². The van der Waals surface area contributed by atoms with Gasteiger partial charge in [-0.15, -0.1) is 0 Å². The van der Waals surface area contributed by atoms with Gasteiger partial charge >= 0.3 is 0 Å². The number of sulfonamides is 1. The number of aromatic nitrogens is 4. The van der Waals surface area contributed by atoms with Gasteiger partial charge in [0.1, 0.15) is 0 Å². The molecule has 33 heavy (non-hydrogen) atoms. The van der Waals surface area contributed by atoms with Crippen molar-refractivity contribution in [1.82, 2.24) is 24.5 Å². The van der Waals surface area contributed by atoms with Crippen LogP contribution in [0.3, 0.4) is 0 Å². The summed E-state index contributed by atoms with van der Waals surface area (Å²) < 4.78 is 30.3. The number of benzene rings is 2. The summed E-state index contributed by atoms with van der Waals surface area (Å²) in [6.07, 6.45) is 5.97. The Morgan fingerprint density at radius 3 is 2.48 bits per heavy atom. The first-order valence-electron chi connectivity index (χ1n) is 9.86. The summed E-state index contributed by atoms with van der Waals surface area (Å²) in [7, 11) is -4.04. The smallest absolute Gasteiger partial charge is 0.241 e. The van der Waals surface area contributed by atoms with Crippen molar-refractivity contribution in [3.63, 3.8) is 0 Å². The molecule has 0 aliphatic heterocycles. The number of aliphatic hydroxyl groups excluding tert-OH is 2. The summed E-state index contributed by atoms with van der Waals surface area (Å²) in [6.45, 7) is -0.975. The summed E-state index contributed by atoms with van der Waals surface area (Å²) in [5, 5.41) is 24.6. The molecule has 2 aromatic carbocycles. The second kappa shape index (κ2) is 9.77. The fourth-order valence-electron chi connectivity index (χ4n) is 3.41. The van der Waals surface area contributed by atoms with E-state index in [2.05, 4.69) is 19.8 Å². The lowest BCUT2D eigenvalue weighted by atomic mass is 10.0. The molecular weight excluding hydrogens is 466 g/mol. The second-order valence-electron chi connectivity index (χ2n) is 7.03. The predicted octanol–water partition coefficient (Wildman–Crippen LogP) is 2.45. The zero-order valence-corrected chi connectivity index (χ0v) is 18.8. The van der Waals surface area contributed by atoms with Crippen LogP contribution >= 0.6 is 11.6 Å². The van der Waals surface area contributed by atoms with Gasteiger partial charge < -0.3 is 10.2 Å². The molecule has 4 aromatic rings. The molecule has 0 fully saturated rings. The van der Waals surface area contributed by atoms with Gasteiger partial charge in [-0.05, 0) is 41.5 Å². The summed E-state index contributed by atoms with van der Waals surface area (Å²) in [5.74, 6) is 0. The number of para-hydroxylation sites is 1. The molecule has 4 rings (SSSR count). The number of nitrogens with zero attached hydrogens (tertiary/aromatic N) is 4. The Balaban J connectivity index is 1.81.